The van der Waals surface area contributed by atoms with Crippen LogP contribution in [0.4, 0.5) is 0 Å². The Bertz CT molecular complexity index is 1450. The lowest BCUT2D eigenvalue weighted by Gasteiger charge is -2.02. The van der Waals surface area contributed by atoms with Gasteiger partial charge in [0.05, 0.1) is 19.4 Å². The summed E-state index contributed by atoms with van der Waals surface area (Å²) in [6, 6.07) is 16.7. The van der Waals surface area contributed by atoms with Gasteiger partial charge >= 0.3 is 0 Å². The first-order valence-electron chi connectivity index (χ1n) is 10.4. The molecule has 9 nitrogen and oxygen atoms in total. The van der Waals surface area contributed by atoms with Crippen molar-refractivity contribution in [3.05, 3.63) is 83.2 Å². The minimum atomic E-state index is -0.202. The molecule has 33 heavy (non-hydrogen) atoms. The average Bonchev–Trinajstić information content (AvgIpc) is 3.50. The van der Waals surface area contributed by atoms with Crippen molar-refractivity contribution in [1.29, 1.82) is 0 Å². The van der Waals surface area contributed by atoms with Gasteiger partial charge in [0.25, 0.3) is 5.56 Å². The highest BCUT2D eigenvalue weighted by Crippen LogP contribution is 2.22. The number of methoxy groups -OCH3 is 1. The van der Waals surface area contributed by atoms with E-state index in [0.717, 1.165) is 22.6 Å². The molecule has 0 amide bonds. The van der Waals surface area contributed by atoms with Gasteiger partial charge in [-0.3, -0.25) is 4.79 Å². The number of fused-ring (bicyclic) bond motifs is 1. The molecule has 0 aliphatic rings. The second-order valence-electron chi connectivity index (χ2n) is 7.29. The molecule has 166 valence electrons. The maximum Gasteiger partial charge on any atom is 0.277 e. The van der Waals surface area contributed by atoms with Crippen molar-refractivity contribution in [3.63, 3.8) is 0 Å². The van der Waals surface area contributed by atoms with Gasteiger partial charge in [-0.05, 0) is 61.5 Å². The molecule has 0 saturated heterocycles. The fourth-order valence-electron chi connectivity index (χ4n) is 3.50. The molecule has 3 aromatic heterocycles. The van der Waals surface area contributed by atoms with E-state index in [-0.39, 0.29) is 12.1 Å². The summed E-state index contributed by atoms with van der Waals surface area (Å²) in [7, 11) is 1.61. The fourth-order valence-corrected chi connectivity index (χ4v) is 3.50. The second kappa shape index (κ2) is 8.62. The van der Waals surface area contributed by atoms with Crippen molar-refractivity contribution < 1.29 is 14.0 Å². The van der Waals surface area contributed by atoms with Gasteiger partial charge < -0.3 is 18.6 Å². The highest BCUT2D eigenvalue weighted by molar-refractivity contribution is 5.66. The van der Waals surface area contributed by atoms with Gasteiger partial charge in [-0.25, -0.2) is 4.52 Å². The summed E-state index contributed by atoms with van der Waals surface area (Å²) in [6.45, 7) is 2.70. The summed E-state index contributed by atoms with van der Waals surface area (Å²) in [5, 5.41) is 8.55. The molecular formula is C24H21N5O4. The first-order chi connectivity index (χ1) is 16.1. The molecule has 0 bridgehead atoms. The van der Waals surface area contributed by atoms with Crippen molar-refractivity contribution in [2.24, 2.45) is 0 Å². The first kappa shape index (κ1) is 20.5. The number of ether oxygens (including phenoxy) is 2. The Balaban J connectivity index is 1.39. The summed E-state index contributed by atoms with van der Waals surface area (Å²) in [5.74, 6) is 2.32. The molecular weight excluding hydrogens is 422 g/mol. The van der Waals surface area contributed by atoms with Crippen molar-refractivity contribution >= 4 is 5.52 Å². The van der Waals surface area contributed by atoms with E-state index in [1.807, 2.05) is 55.5 Å². The van der Waals surface area contributed by atoms with Crippen LogP contribution in [0.3, 0.4) is 0 Å². The number of benzene rings is 2. The third-order valence-electron chi connectivity index (χ3n) is 5.19. The molecule has 0 aliphatic carbocycles. The van der Waals surface area contributed by atoms with Crippen LogP contribution in [0.5, 0.6) is 11.5 Å². The molecule has 9 heteroatoms. The van der Waals surface area contributed by atoms with Crippen molar-refractivity contribution in [3.8, 4) is 34.1 Å². The molecule has 0 unspecified atom stereocenters. The van der Waals surface area contributed by atoms with E-state index in [1.54, 1.807) is 30.1 Å². The maximum absolute atomic E-state index is 13.0. The first-order valence-corrected chi connectivity index (χ1v) is 10.4. The molecule has 2 aromatic carbocycles. The van der Waals surface area contributed by atoms with Gasteiger partial charge in [-0.15, -0.1) is 0 Å². The number of rotatable bonds is 7. The molecule has 0 radical (unpaired) electrons. The van der Waals surface area contributed by atoms with E-state index >= 15 is 0 Å². The Kier molecular flexibility index (Phi) is 5.35. The molecule has 0 atom stereocenters. The third-order valence-corrected chi connectivity index (χ3v) is 5.19. The summed E-state index contributed by atoms with van der Waals surface area (Å²) < 4.78 is 19.1. The van der Waals surface area contributed by atoms with Gasteiger partial charge in [0, 0.05) is 23.5 Å². The SMILES string of the molecule is CCOc1ccc(-c2cc3c(=O)n(Cc4nc(-c5ccc(OC)cc5)no4)ccn3n2)cc1. The summed E-state index contributed by atoms with van der Waals surface area (Å²) in [5.41, 5.74) is 2.65. The predicted octanol–water partition coefficient (Wildman–Crippen LogP) is 3.67. The Hall–Kier alpha value is -4.40. The van der Waals surface area contributed by atoms with Crippen LogP contribution in [0, 0.1) is 0 Å². The third kappa shape index (κ3) is 4.08. The lowest BCUT2D eigenvalue weighted by atomic mass is 10.1. The summed E-state index contributed by atoms with van der Waals surface area (Å²) in [6.07, 6.45) is 3.39. The topological polar surface area (TPSA) is 96.7 Å². The van der Waals surface area contributed by atoms with Crippen molar-refractivity contribution in [2.45, 2.75) is 13.5 Å². The van der Waals surface area contributed by atoms with E-state index < -0.39 is 0 Å². The van der Waals surface area contributed by atoms with Crippen LogP contribution in [0.2, 0.25) is 0 Å². The van der Waals surface area contributed by atoms with E-state index in [0.29, 0.717) is 29.5 Å². The molecule has 5 rings (SSSR count). The van der Waals surface area contributed by atoms with Crippen LogP contribution < -0.4 is 15.0 Å². The van der Waals surface area contributed by atoms with Crippen LogP contribution in [-0.2, 0) is 6.54 Å². The lowest BCUT2D eigenvalue weighted by Crippen LogP contribution is -2.21. The minimum absolute atomic E-state index is 0.155. The monoisotopic (exact) mass is 443 g/mol. The largest absolute Gasteiger partial charge is 0.497 e. The molecule has 3 heterocycles. The number of nitrogens with zero attached hydrogens (tertiary/aromatic N) is 5. The molecule has 0 spiro atoms. The van der Waals surface area contributed by atoms with Crippen LogP contribution in [0.1, 0.15) is 12.8 Å². The van der Waals surface area contributed by atoms with Crippen LogP contribution in [-0.4, -0.2) is 38.0 Å². The summed E-state index contributed by atoms with van der Waals surface area (Å²) in [4.78, 5) is 17.5. The molecule has 0 saturated carbocycles. The Morgan fingerprint density at radius 2 is 1.70 bits per heavy atom. The zero-order chi connectivity index (χ0) is 22.8. The van der Waals surface area contributed by atoms with Gasteiger partial charge in [-0.2, -0.15) is 10.1 Å². The van der Waals surface area contributed by atoms with Gasteiger partial charge in [-0.1, -0.05) is 5.16 Å². The molecule has 0 aliphatic heterocycles. The standard InChI is InChI=1S/C24H21N5O4/c1-3-32-19-10-4-16(5-11-19)20-14-21-24(30)28(12-13-29(21)26-20)15-22-25-23(27-33-22)17-6-8-18(31-2)9-7-17/h4-14H,3,15H2,1-2H3. The highest BCUT2D eigenvalue weighted by Gasteiger charge is 2.13. The normalized spacial score (nSPS) is 11.1. The van der Waals surface area contributed by atoms with E-state index in [2.05, 4.69) is 15.2 Å². The minimum Gasteiger partial charge on any atom is -0.497 e. The average molecular weight is 443 g/mol. The van der Waals surface area contributed by atoms with Crippen LogP contribution in [0.25, 0.3) is 28.2 Å². The lowest BCUT2D eigenvalue weighted by molar-refractivity contribution is 0.340. The Morgan fingerprint density at radius 1 is 0.970 bits per heavy atom. The van der Waals surface area contributed by atoms with E-state index in [4.69, 9.17) is 14.0 Å². The van der Waals surface area contributed by atoms with E-state index in [1.165, 1.54) is 4.57 Å². The number of hydrogen-bond acceptors (Lipinski definition) is 7. The van der Waals surface area contributed by atoms with Crippen LogP contribution in [0.15, 0.2) is 76.3 Å². The highest BCUT2D eigenvalue weighted by atomic mass is 16.5. The molecule has 5 aromatic rings. The smallest absolute Gasteiger partial charge is 0.277 e. The number of hydrogen-bond donors (Lipinski definition) is 0. The van der Waals surface area contributed by atoms with Gasteiger partial charge in [0.15, 0.2) is 0 Å². The Labute approximate surface area is 188 Å². The van der Waals surface area contributed by atoms with Gasteiger partial charge in [0.1, 0.15) is 23.6 Å². The van der Waals surface area contributed by atoms with E-state index in [9.17, 15) is 4.79 Å². The molecule has 0 N–H and O–H groups in total. The molecule has 0 fully saturated rings. The second-order valence-corrected chi connectivity index (χ2v) is 7.29. The van der Waals surface area contributed by atoms with Crippen LogP contribution >= 0.6 is 0 Å². The van der Waals surface area contributed by atoms with Crippen molar-refractivity contribution in [1.82, 2.24) is 24.3 Å². The maximum atomic E-state index is 13.0. The number of aromatic nitrogens is 5. The fraction of sp³-hybridized carbons (Fsp3) is 0.167. The zero-order valence-electron chi connectivity index (χ0n) is 18.1. The quantitative estimate of drug-likeness (QED) is 0.379. The Morgan fingerprint density at radius 3 is 2.42 bits per heavy atom. The van der Waals surface area contributed by atoms with Crippen molar-refractivity contribution in [2.75, 3.05) is 13.7 Å². The van der Waals surface area contributed by atoms with Gasteiger partial charge in [0.2, 0.25) is 11.7 Å². The predicted molar refractivity (Wildman–Crippen MR) is 121 cm³/mol. The zero-order valence-corrected chi connectivity index (χ0v) is 18.1. The summed E-state index contributed by atoms with van der Waals surface area (Å²) >= 11 is 0.